The standard InChI is InChI=1S/C59H94N4O26/c1-49(2)56(62-58(66)67)57(65)61-53(47-64)46-60-52-7-6-51(48-88-59(68)89-55-10-8-54(9-11-55)63(69)70)50(45-52)5-4-12-72-15-16-74-19-20-76-23-24-78-27-28-80-31-32-82-35-36-84-39-40-86-43-44-87-42-41-85-38-37-83-34-33-81-30-29-79-26-25-77-22-21-75-18-17-73-14-13-71-3/h6-11,45,47,49,53,56,60,62H,12-44,46,48H2,1-3H3,(H,61,65)(H,66,67)/t53-,56-/m0/s1. The van der Waals surface area contributed by atoms with Gasteiger partial charge in [0.1, 0.15) is 37.3 Å². The second-order valence-electron chi connectivity index (χ2n) is 18.6. The SMILES string of the molecule is COCCOCCOCCOCCOCCOCCOCCOCCOCCOCCOCCOCCOCCOCCOCCOCCOCC#Cc1cc(NC[C@@H](C=O)NC(=O)[C@@H](NC(=O)O)C(C)C)ccc1COC(=O)Oc1ccc([N+](=O)[O-])cc1. The summed E-state index contributed by atoms with van der Waals surface area (Å²) in [5, 5.41) is 27.8. The van der Waals surface area contributed by atoms with Crippen molar-refractivity contribution in [3.8, 4) is 17.6 Å². The largest absolute Gasteiger partial charge is 0.514 e. The molecule has 30 heteroatoms. The molecule has 2 amide bonds. The topological polar surface area (TPSA) is 343 Å². The average Bonchev–Trinajstić information content (AvgIpc) is 3.03. The van der Waals surface area contributed by atoms with Gasteiger partial charge in [-0.25, -0.2) is 9.59 Å². The van der Waals surface area contributed by atoms with Crippen molar-refractivity contribution in [1.29, 1.82) is 0 Å². The quantitative estimate of drug-likeness (QED) is 0.0141. The molecule has 0 saturated heterocycles. The molecule has 2 atom stereocenters. The van der Waals surface area contributed by atoms with Crippen LogP contribution in [0.1, 0.15) is 25.0 Å². The number of anilines is 1. The van der Waals surface area contributed by atoms with E-state index in [-0.39, 0.29) is 50.3 Å². The van der Waals surface area contributed by atoms with Crippen LogP contribution in [0.3, 0.4) is 0 Å². The van der Waals surface area contributed by atoms with Crippen molar-refractivity contribution in [2.75, 3.05) is 237 Å². The zero-order valence-corrected chi connectivity index (χ0v) is 51.7. The molecule has 0 unspecified atom stereocenters. The normalized spacial score (nSPS) is 11.9. The molecular formula is C59H94N4O26. The first-order valence-electron chi connectivity index (χ1n) is 29.5. The highest BCUT2D eigenvalue weighted by atomic mass is 16.7. The molecule has 506 valence electrons. The predicted octanol–water partition coefficient (Wildman–Crippen LogP) is 2.96. The maximum absolute atomic E-state index is 12.8. The zero-order chi connectivity index (χ0) is 64.3. The van der Waals surface area contributed by atoms with Crippen LogP contribution in [0, 0.1) is 27.9 Å². The van der Waals surface area contributed by atoms with Gasteiger partial charge in [0.05, 0.1) is 216 Å². The molecule has 0 saturated carbocycles. The molecule has 89 heavy (non-hydrogen) atoms. The number of aldehydes is 1. The Hall–Kier alpha value is -5.80. The van der Waals surface area contributed by atoms with Gasteiger partial charge >= 0.3 is 12.2 Å². The van der Waals surface area contributed by atoms with E-state index in [1.165, 1.54) is 24.3 Å². The highest BCUT2D eigenvalue weighted by molar-refractivity contribution is 5.87. The summed E-state index contributed by atoms with van der Waals surface area (Å²) < 4.78 is 103. The minimum Gasteiger partial charge on any atom is -0.465 e. The summed E-state index contributed by atoms with van der Waals surface area (Å²) in [6.07, 6.45) is -1.92. The van der Waals surface area contributed by atoms with Crippen molar-refractivity contribution in [3.05, 3.63) is 63.7 Å². The number of benzene rings is 2. The van der Waals surface area contributed by atoms with Crippen LogP contribution in [0.2, 0.25) is 0 Å². The fraction of sp³-hybridized carbons (Fsp3) is 0.695. The first-order chi connectivity index (χ1) is 43.5. The number of carbonyl (C=O) groups excluding carboxylic acids is 3. The highest BCUT2D eigenvalue weighted by Gasteiger charge is 2.26. The molecule has 0 bridgehead atoms. The van der Waals surface area contributed by atoms with E-state index in [1.807, 2.05) is 0 Å². The van der Waals surface area contributed by atoms with E-state index < -0.39 is 35.2 Å². The van der Waals surface area contributed by atoms with E-state index in [0.717, 1.165) is 0 Å². The van der Waals surface area contributed by atoms with Crippen molar-refractivity contribution in [2.24, 2.45) is 5.92 Å². The van der Waals surface area contributed by atoms with E-state index in [9.17, 15) is 29.3 Å². The summed E-state index contributed by atoms with van der Waals surface area (Å²) in [7, 11) is 1.64. The van der Waals surface area contributed by atoms with Gasteiger partial charge < -0.3 is 116 Å². The summed E-state index contributed by atoms with van der Waals surface area (Å²) in [5.41, 5.74) is 1.22. The molecule has 0 spiro atoms. The first-order valence-corrected chi connectivity index (χ1v) is 29.5. The van der Waals surface area contributed by atoms with Gasteiger partial charge in [-0.3, -0.25) is 14.9 Å². The second kappa shape index (κ2) is 57.4. The lowest BCUT2D eigenvalue weighted by molar-refractivity contribution is -0.384. The third-order valence-electron chi connectivity index (χ3n) is 11.4. The lowest BCUT2D eigenvalue weighted by Gasteiger charge is -2.22. The van der Waals surface area contributed by atoms with Crippen molar-refractivity contribution in [1.82, 2.24) is 10.6 Å². The third kappa shape index (κ3) is 46.9. The highest BCUT2D eigenvalue weighted by Crippen LogP contribution is 2.20. The van der Waals surface area contributed by atoms with Crippen LogP contribution in [0.15, 0.2) is 42.5 Å². The summed E-state index contributed by atoms with van der Waals surface area (Å²) in [6.45, 7) is 17.5. The number of rotatable bonds is 61. The molecular weight excluding hydrogens is 1180 g/mol. The Labute approximate surface area is 521 Å². The number of hydrogen-bond acceptors (Lipinski definition) is 26. The summed E-state index contributed by atoms with van der Waals surface area (Å²) in [4.78, 5) is 58.7. The van der Waals surface area contributed by atoms with Gasteiger partial charge in [0.15, 0.2) is 0 Å². The zero-order valence-electron chi connectivity index (χ0n) is 51.7. The van der Waals surface area contributed by atoms with Gasteiger partial charge in [0, 0.05) is 42.6 Å². The van der Waals surface area contributed by atoms with Gasteiger partial charge in [-0.15, -0.1) is 0 Å². The number of ether oxygens (including phenoxy) is 19. The number of nitro benzene ring substituents is 1. The molecule has 30 nitrogen and oxygen atoms in total. The summed E-state index contributed by atoms with van der Waals surface area (Å²) in [6, 6.07) is 7.70. The molecule has 0 radical (unpaired) electrons. The molecule has 0 fully saturated rings. The molecule has 0 aromatic heterocycles. The lowest BCUT2D eigenvalue weighted by atomic mass is 10.0. The number of hydrogen-bond donors (Lipinski definition) is 4. The lowest BCUT2D eigenvalue weighted by Crippen LogP contribution is -2.53. The average molecular weight is 1280 g/mol. The van der Waals surface area contributed by atoms with E-state index >= 15 is 0 Å². The van der Waals surface area contributed by atoms with E-state index in [0.29, 0.717) is 221 Å². The van der Waals surface area contributed by atoms with Crippen LogP contribution in [0.5, 0.6) is 5.75 Å². The number of nitrogens with one attached hydrogen (secondary N) is 3. The molecule has 2 rings (SSSR count). The Balaban J connectivity index is 1.40. The van der Waals surface area contributed by atoms with Gasteiger partial charge in [0.2, 0.25) is 5.91 Å². The molecule has 4 N–H and O–H groups in total. The number of carbonyl (C=O) groups is 4. The van der Waals surface area contributed by atoms with Crippen LogP contribution in [-0.4, -0.2) is 278 Å². The monoisotopic (exact) mass is 1270 g/mol. The van der Waals surface area contributed by atoms with Crippen molar-refractivity contribution in [3.63, 3.8) is 0 Å². The molecule has 2 aromatic rings. The van der Waals surface area contributed by atoms with Crippen LogP contribution >= 0.6 is 0 Å². The van der Waals surface area contributed by atoms with Gasteiger partial charge in [-0.1, -0.05) is 31.8 Å². The second-order valence-corrected chi connectivity index (χ2v) is 18.6. The Morgan fingerprint density at radius 1 is 0.539 bits per heavy atom. The molecule has 0 aliphatic rings. The minimum absolute atomic E-state index is 0.0271. The number of amides is 2. The predicted molar refractivity (Wildman–Crippen MR) is 318 cm³/mol. The number of non-ortho nitro benzene ring substituents is 1. The number of carboxylic acid groups (broad SMARTS) is 1. The van der Waals surface area contributed by atoms with Crippen molar-refractivity contribution in [2.45, 2.75) is 32.5 Å². The number of nitro groups is 1. The maximum Gasteiger partial charge on any atom is 0.514 e. The van der Waals surface area contributed by atoms with Gasteiger partial charge in [-0.2, -0.15) is 0 Å². The van der Waals surface area contributed by atoms with Crippen LogP contribution < -0.4 is 20.7 Å². The Kier molecular flexibility index (Phi) is 51.1. The third-order valence-corrected chi connectivity index (χ3v) is 11.4. The Morgan fingerprint density at radius 3 is 1.25 bits per heavy atom. The molecule has 0 aliphatic heterocycles. The van der Waals surface area contributed by atoms with E-state index in [1.54, 1.807) is 39.2 Å². The van der Waals surface area contributed by atoms with E-state index in [2.05, 4.69) is 27.8 Å². The number of nitrogens with zero attached hydrogens (tertiary/aromatic N) is 1. The van der Waals surface area contributed by atoms with Crippen LogP contribution in [-0.2, 0) is 101 Å². The molecule has 0 heterocycles. The van der Waals surface area contributed by atoms with Gasteiger partial charge in [-0.05, 0) is 30.2 Å². The maximum atomic E-state index is 12.8. The smallest absolute Gasteiger partial charge is 0.465 e. The fourth-order valence-corrected chi connectivity index (χ4v) is 6.82. The van der Waals surface area contributed by atoms with Crippen LogP contribution in [0.4, 0.5) is 21.0 Å². The number of methoxy groups -OCH3 is 1. The first kappa shape index (κ1) is 79.3. The Bertz CT molecular complexity index is 2160. The van der Waals surface area contributed by atoms with E-state index in [4.69, 9.17) is 95.1 Å². The van der Waals surface area contributed by atoms with Gasteiger partial charge in [0.25, 0.3) is 5.69 Å². The molecule has 0 aliphatic carbocycles. The Morgan fingerprint density at radius 2 is 0.910 bits per heavy atom. The summed E-state index contributed by atoms with van der Waals surface area (Å²) >= 11 is 0. The minimum atomic E-state index is -1.38. The van der Waals surface area contributed by atoms with Crippen LogP contribution in [0.25, 0.3) is 0 Å². The van der Waals surface area contributed by atoms with Crippen molar-refractivity contribution >= 4 is 35.8 Å². The van der Waals surface area contributed by atoms with Crippen molar-refractivity contribution < 1.29 is 119 Å². The summed E-state index contributed by atoms with van der Waals surface area (Å²) in [5.74, 6) is 4.88. The molecule has 2 aromatic carbocycles. The fourth-order valence-electron chi connectivity index (χ4n) is 6.82.